The van der Waals surface area contributed by atoms with E-state index in [2.05, 4.69) is 21.8 Å². The molecule has 6 nitrogen and oxygen atoms in total. The van der Waals surface area contributed by atoms with E-state index >= 15 is 0 Å². The van der Waals surface area contributed by atoms with Crippen LogP contribution in [0.15, 0.2) is 34.1 Å². The number of piperidine rings is 1. The zero-order valence-corrected chi connectivity index (χ0v) is 15.5. The molecule has 1 aliphatic rings. The number of carbonyl (C=O) groups excluding carboxylic acids is 1. The lowest BCUT2D eigenvalue weighted by Crippen LogP contribution is -2.37. The quantitative estimate of drug-likeness (QED) is 0.635. The van der Waals surface area contributed by atoms with Crippen molar-refractivity contribution in [1.29, 1.82) is 0 Å². The number of benzene rings is 1. The number of thiazole rings is 1. The molecule has 0 amide bonds. The summed E-state index contributed by atoms with van der Waals surface area (Å²) in [5.74, 6) is -0.201. The van der Waals surface area contributed by atoms with Crippen LogP contribution in [-0.2, 0) is 22.6 Å². The Labute approximate surface area is 155 Å². The fraction of sp³-hybridized carbons (Fsp3) is 0.421. The summed E-state index contributed by atoms with van der Waals surface area (Å²) in [5.41, 5.74) is 2.49. The summed E-state index contributed by atoms with van der Waals surface area (Å²) in [6.07, 6.45) is 2.40. The first-order valence-corrected chi connectivity index (χ1v) is 9.81. The zero-order chi connectivity index (χ0) is 17.9. The van der Waals surface area contributed by atoms with Crippen molar-refractivity contribution in [2.75, 3.05) is 18.0 Å². The lowest BCUT2D eigenvalue weighted by atomic mass is 9.97. The van der Waals surface area contributed by atoms with Crippen LogP contribution in [0.5, 0.6) is 0 Å². The fourth-order valence-corrected chi connectivity index (χ4v) is 3.87. The molecule has 4 rings (SSSR count). The second-order valence-corrected chi connectivity index (χ2v) is 7.36. The topological polar surface area (TPSA) is 68.5 Å². The molecular formula is C19H21N3O3S. The number of nitrogens with zero attached hydrogens (tertiary/aromatic N) is 3. The lowest BCUT2D eigenvalue weighted by Gasteiger charge is -2.29. The third-order valence-electron chi connectivity index (χ3n) is 4.65. The molecule has 1 aromatic carbocycles. The Hall–Kier alpha value is -2.41. The number of hydrogen-bond donors (Lipinski definition) is 0. The second-order valence-electron chi connectivity index (χ2n) is 6.42. The van der Waals surface area contributed by atoms with Crippen LogP contribution in [0.3, 0.4) is 0 Å². The van der Waals surface area contributed by atoms with Crippen molar-refractivity contribution in [1.82, 2.24) is 9.97 Å². The third-order valence-corrected chi connectivity index (χ3v) is 5.69. The molecule has 2 aromatic heterocycles. The number of para-hydroxylation sites is 2. The lowest BCUT2D eigenvalue weighted by molar-refractivity contribution is -0.150. The van der Waals surface area contributed by atoms with Gasteiger partial charge in [-0.15, -0.1) is 11.3 Å². The molecule has 1 saturated heterocycles. The Morgan fingerprint density at radius 1 is 1.31 bits per heavy atom. The highest BCUT2D eigenvalue weighted by Crippen LogP contribution is 2.27. The summed E-state index contributed by atoms with van der Waals surface area (Å²) in [5, 5.41) is 3.03. The van der Waals surface area contributed by atoms with E-state index in [4.69, 9.17) is 9.15 Å². The van der Waals surface area contributed by atoms with Crippen LogP contribution in [-0.4, -0.2) is 29.0 Å². The molecule has 3 aromatic rings. The molecule has 1 fully saturated rings. The Kier molecular flexibility index (Phi) is 4.88. The highest BCUT2D eigenvalue weighted by Gasteiger charge is 2.28. The number of esters is 1. The summed E-state index contributed by atoms with van der Waals surface area (Å²) in [7, 11) is 0. The molecule has 0 N–H and O–H groups in total. The molecule has 7 heteroatoms. The van der Waals surface area contributed by atoms with Gasteiger partial charge in [0, 0.05) is 18.5 Å². The minimum atomic E-state index is -0.131. The summed E-state index contributed by atoms with van der Waals surface area (Å²) in [4.78, 5) is 23.4. The van der Waals surface area contributed by atoms with Gasteiger partial charge in [0.15, 0.2) is 5.58 Å². The Morgan fingerprint density at radius 3 is 2.85 bits per heavy atom. The van der Waals surface area contributed by atoms with E-state index in [-0.39, 0.29) is 18.5 Å². The van der Waals surface area contributed by atoms with Crippen molar-refractivity contribution in [2.24, 2.45) is 5.92 Å². The maximum atomic E-state index is 12.3. The zero-order valence-electron chi connectivity index (χ0n) is 14.7. The van der Waals surface area contributed by atoms with Gasteiger partial charge >= 0.3 is 5.97 Å². The predicted octanol–water partition coefficient (Wildman–Crippen LogP) is 3.81. The smallest absolute Gasteiger partial charge is 0.309 e. The van der Waals surface area contributed by atoms with Gasteiger partial charge in [0.2, 0.25) is 0 Å². The van der Waals surface area contributed by atoms with E-state index in [0.29, 0.717) is 6.01 Å². The Bertz CT molecular complexity index is 863. The fourth-order valence-electron chi connectivity index (χ4n) is 3.14. The van der Waals surface area contributed by atoms with Crippen LogP contribution < -0.4 is 4.90 Å². The van der Waals surface area contributed by atoms with Crippen molar-refractivity contribution in [3.8, 4) is 0 Å². The molecule has 0 atom stereocenters. The predicted molar refractivity (Wildman–Crippen MR) is 100 cm³/mol. The number of rotatable bonds is 5. The standard InChI is InChI=1S/C19H21N3O3S/c1-2-17-20-14(12-26-17)11-24-18(23)13-7-9-22(10-8-13)19-21-15-5-3-4-6-16(15)25-19/h3-6,12-13H,2,7-11H2,1H3. The number of fused-ring (bicyclic) bond motifs is 1. The van der Waals surface area contributed by atoms with Gasteiger partial charge in [-0.05, 0) is 31.4 Å². The first kappa shape index (κ1) is 17.0. The van der Waals surface area contributed by atoms with Crippen molar-refractivity contribution in [3.63, 3.8) is 0 Å². The number of aromatic nitrogens is 2. The average molecular weight is 371 g/mol. The summed E-state index contributed by atoms with van der Waals surface area (Å²) < 4.78 is 11.3. The van der Waals surface area contributed by atoms with Gasteiger partial charge in [-0.25, -0.2) is 4.98 Å². The highest BCUT2D eigenvalue weighted by molar-refractivity contribution is 7.09. The minimum Gasteiger partial charge on any atom is -0.459 e. The van der Waals surface area contributed by atoms with Crippen LogP contribution in [0.4, 0.5) is 6.01 Å². The van der Waals surface area contributed by atoms with Gasteiger partial charge in [0.25, 0.3) is 6.01 Å². The van der Waals surface area contributed by atoms with E-state index in [0.717, 1.165) is 54.2 Å². The van der Waals surface area contributed by atoms with Crippen LogP contribution >= 0.6 is 11.3 Å². The number of aryl methyl sites for hydroxylation is 1. The molecular weight excluding hydrogens is 350 g/mol. The molecule has 0 saturated carbocycles. The minimum absolute atomic E-state index is 0.0695. The SMILES string of the molecule is CCc1nc(COC(=O)C2CCN(c3nc4ccccc4o3)CC2)cs1. The number of ether oxygens (including phenoxy) is 1. The molecule has 0 unspecified atom stereocenters. The first-order valence-electron chi connectivity index (χ1n) is 8.93. The van der Waals surface area contributed by atoms with Gasteiger partial charge in [0.05, 0.1) is 16.6 Å². The van der Waals surface area contributed by atoms with E-state index < -0.39 is 0 Å². The normalized spacial score (nSPS) is 15.5. The maximum Gasteiger partial charge on any atom is 0.309 e. The highest BCUT2D eigenvalue weighted by atomic mass is 32.1. The summed E-state index contributed by atoms with van der Waals surface area (Å²) >= 11 is 1.61. The molecule has 0 aliphatic carbocycles. The Balaban J connectivity index is 1.30. The molecule has 0 spiro atoms. The maximum absolute atomic E-state index is 12.3. The third kappa shape index (κ3) is 3.58. The van der Waals surface area contributed by atoms with Gasteiger partial charge in [-0.2, -0.15) is 4.98 Å². The van der Waals surface area contributed by atoms with Crippen molar-refractivity contribution < 1.29 is 13.9 Å². The van der Waals surface area contributed by atoms with Crippen molar-refractivity contribution >= 4 is 34.4 Å². The van der Waals surface area contributed by atoms with E-state index in [1.807, 2.05) is 29.6 Å². The van der Waals surface area contributed by atoms with E-state index in [1.165, 1.54) is 0 Å². The average Bonchev–Trinajstić information content (AvgIpc) is 3.32. The van der Waals surface area contributed by atoms with Crippen molar-refractivity contribution in [3.05, 3.63) is 40.3 Å². The second kappa shape index (κ2) is 7.45. The monoisotopic (exact) mass is 371 g/mol. The number of anilines is 1. The number of oxazole rings is 1. The van der Waals surface area contributed by atoms with E-state index in [9.17, 15) is 4.79 Å². The molecule has 26 heavy (non-hydrogen) atoms. The van der Waals surface area contributed by atoms with Crippen LogP contribution in [0, 0.1) is 5.92 Å². The van der Waals surface area contributed by atoms with Crippen LogP contribution in [0.1, 0.15) is 30.5 Å². The van der Waals surface area contributed by atoms with Gasteiger partial charge in [0.1, 0.15) is 12.1 Å². The van der Waals surface area contributed by atoms with E-state index in [1.54, 1.807) is 11.3 Å². The summed E-state index contributed by atoms with van der Waals surface area (Å²) in [6, 6.07) is 8.37. The summed E-state index contributed by atoms with van der Waals surface area (Å²) in [6.45, 7) is 3.81. The molecule has 0 radical (unpaired) electrons. The van der Waals surface area contributed by atoms with Crippen LogP contribution in [0.2, 0.25) is 0 Å². The molecule has 0 bridgehead atoms. The van der Waals surface area contributed by atoms with Crippen molar-refractivity contribution in [2.45, 2.75) is 32.8 Å². The largest absolute Gasteiger partial charge is 0.459 e. The first-order chi connectivity index (χ1) is 12.7. The van der Waals surface area contributed by atoms with Gasteiger partial charge in [-0.1, -0.05) is 19.1 Å². The number of carbonyl (C=O) groups is 1. The number of hydrogen-bond acceptors (Lipinski definition) is 7. The van der Waals surface area contributed by atoms with Gasteiger partial charge in [-0.3, -0.25) is 4.79 Å². The molecule has 3 heterocycles. The molecule has 136 valence electrons. The molecule has 1 aliphatic heterocycles. The van der Waals surface area contributed by atoms with Crippen LogP contribution in [0.25, 0.3) is 11.1 Å². The van der Waals surface area contributed by atoms with Gasteiger partial charge < -0.3 is 14.1 Å². The Morgan fingerprint density at radius 2 is 2.12 bits per heavy atom.